The van der Waals surface area contributed by atoms with Crippen molar-refractivity contribution in [3.63, 3.8) is 0 Å². The number of aromatic nitrogens is 2. The van der Waals surface area contributed by atoms with E-state index in [0.717, 1.165) is 59.1 Å². The maximum absolute atomic E-state index is 13.0. The van der Waals surface area contributed by atoms with Crippen molar-refractivity contribution in [2.75, 3.05) is 11.1 Å². The monoisotopic (exact) mass is 564 g/mol. The van der Waals surface area contributed by atoms with E-state index in [1.165, 1.54) is 12.4 Å². The molecule has 1 heterocycles. The number of hydrogen-bond acceptors (Lipinski definition) is 10. The summed E-state index contributed by atoms with van der Waals surface area (Å²) in [5, 5.41) is 12.5. The minimum Gasteiger partial charge on any atom is -0.394 e. The molecule has 6 rings (SSSR count). The molecule has 12 heteroatoms. The molecule has 0 saturated carbocycles. The number of nitrogen functional groups attached to an aromatic ring is 1. The predicted molar refractivity (Wildman–Crippen MR) is 157 cm³/mol. The van der Waals surface area contributed by atoms with Crippen LogP contribution in [0.15, 0.2) is 63.5 Å². The van der Waals surface area contributed by atoms with Crippen LogP contribution in [-0.4, -0.2) is 28.0 Å². The second-order valence-corrected chi connectivity index (χ2v) is 10.5. The lowest BCUT2D eigenvalue weighted by Crippen LogP contribution is -2.37. The summed E-state index contributed by atoms with van der Waals surface area (Å²) in [4.78, 5) is 57.4. The number of rotatable bonds is 8. The van der Waals surface area contributed by atoms with Crippen molar-refractivity contribution in [3.8, 4) is 0 Å². The molecule has 0 aliphatic heterocycles. The molecule has 2 atom stereocenters. The highest BCUT2D eigenvalue weighted by molar-refractivity contribution is 5.97. The zero-order valence-corrected chi connectivity index (χ0v) is 22.5. The standard InChI is InChI=1S/C30H28N8O4/c31-25-26(28(40)27(25)39)37-22-7-4-17-3-1-16(10-20(17)22)12-33-29(41)23-11-24(35-14-34-23)30(42)38-21-8-5-18-9-15(13-36-32)2-6-19(18)21/h1-3,6,9-11,13-14,21-22,37H,4-5,7-8,12,31-32H2,(H,33,41)(H,38,42)/b36-13+. The maximum Gasteiger partial charge on any atom is 0.270 e. The summed E-state index contributed by atoms with van der Waals surface area (Å²) in [7, 11) is 0. The van der Waals surface area contributed by atoms with Gasteiger partial charge in [0.15, 0.2) is 0 Å². The van der Waals surface area contributed by atoms with Crippen LogP contribution in [0.25, 0.3) is 0 Å². The number of aryl methyl sites for hydroxylation is 2. The van der Waals surface area contributed by atoms with Gasteiger partial charge in [-0.25, -0.2) is 9.97 Å². The Morgan fingerprint density at radius 2 is 1.67 bits per heavy atom. The molecule has 0 saturated heterocycles. The van der Waals surface area contributed by atoms with Gasteiger partial charge in [0.1, 0.15) is 29.1 Å². The van der Waals surface area contributed by atoms with Gasteiger partial charge >= 0.3 is 0 Å². The van der Waals surface area contributed by atoms with Gasteiger partial charge in [0.25, 0.3) is 22.7 Å². The van der Waals surface area contributed by atoms with Crippen LogP contribution in [0.1, 0.15) is 79.3 Å². The molecule has 12 nitrogen and oxygen atoms in total. The second-order valence-electron chi connectivity index (χ2n) is 10.5. The van der Waals surface area contributed by atoms with Crippen molar-refractivity contribution in [2.45, 2.75) is 44.3 Å². The van der Waals surface area contributed by atoms with Gasteiger partial charge in [-0.2, -0.15) is 5.10 Å². The van der Waals surface area contributed by atoms with E-state index in [4.69, 9.17) is 11.6 Å². The van der Waals surface area contributed by atoms with E-state index in [2.05, 4.69) is 31.0 Å². The highest BCUT2D eigenvalue weighted by atomic mass is 16.2. The number of fused-ring (bicyclic) bond motifs is 2. The molecule has 0 spiro atoms. The molecule has 3 aromatic carbocycles. The molecule has 2 aliphatic carbocycles. The van der Waals surface area contributed by atoms with E-state index in [9.17, 15) is 19.2 Å². The van der Waals surface area contributed by atoms with E-state index in [-0.39, 0.29) is 41.4 Å². The number of benzene rings is 2. The Hall–Kier alpha value is -5.39. The number of anilines is 2. The summed E-state index contributed by atoms with van der Waals surface area (Å²) in [6.45, 7) is 0.225. The van der Waals surface area contributed by atoms with Gasteiger partial charge in [-0.1, -0.05) is 30.3 Å². The summed E-state index contributed by atoms with van der Waals surface area (Å²) in [6, 6.07) is 12.8. The molecule has 7 N–H and O–H groups in total. The quantitative estimate of drug-likeness (QED) is 0.0909. The Bertz CT molecular complexity index is 1820. The van der Waals surface area contributed by atoms with Gasteiger partial charge in [0, 0.05) is 12.6 Å². The lowest BCUT2D eigenvalue weighted by Gasteiger charge is -2.18. The highest BCUT2D eigenvalue weighted by Gasteiger charge is 2.28. The van der Waals surface area contributed by atoms with Crippen molar-refractivity contribution in [2.24, 2.45) is 10.9 Å². The lowest BCUT2D eigenvalue weighted by atomic mass is 10.0. The smallest absolute Gasteiger partial charge is 0.270 e. The molecule has 0 fully saturated rings. The third kappa shape index (κ3) is 4.98. The van der Waals surface area contributed by atoms with Crippen LogP contribution in [0.5, 0.6) is 0 Å². The molecule has 2 amide bonds. The van der Waals surface area contributed by atoms with Crippen molar-refractivity contribution in [3.05, 3.63) is 114 Å². The first-order valence-electron chi connectivity index (χ1n) is 13.6. The van der Waals surface area contributed by atoms with Gasteiger partial charge in [-0.15, -0.1) is 0 Å². The molecule has 1 aromatic heterocycles. The molecule has 2 aliphatic rings. The minimum atomic E-state index is -0.658. The van der Waals surface area contributed by atoms with Crippen LogP contribution < -0.4 is 38.4 Å². The number of amides is 2. The van der Waals surface area contributed by atoms with Gasteiger partial charge in [-0.05, 0) is 65.1 Å². The van der Waals surface area contributed by atoms with Crippen LogP contribution in [0.4, 0.5) is 11.4 Å². The van der Waals surface area contributed by atoms with Crippen LogP contribution >= 0.6 is 0 Å². The summed E-state index contributed by atoms with van der Waals surface area (Å²) in [6.07, 6.45) is 5.91. The lowest BCUT2D eigenvalue weighted by molar-refractivity contribution is 0.0931. The van der Waals surface area contributed by atoms with Gasteiger partial charge < -0.3 is 27.5 Å². The van der Waals surface area contributed by atoms with Gasteiger partial charge in [-0.3, -0.25) is 19.2 Å². The third-order valence-corrected chi connectivity index (χ3v) is 7.91. The topological polar surface area (TPSA) is 195 Å². The van der Waals surface area contributed by atoms with Crippen LogP contribution in [0, 0.1) is 0 Å². The number of carbonyl (C=O) groups excluding carboxylic acids is 2. The van der Waals surface area contributed by atoms with Crippen molar-refractivity contribution in [1.29, 1.82) is 0 Å². The number of carbonyl (C=O) groups is 2. The average Bonchev–Trinajstić information content (AvgIpc) is 3.61. The molecule has 42 heavy (non-hydrogen) atoms. The van der Waals surface area contributed by atoms with Crippen molar-refractivity contribution in [1.82, 2.24) is 20.6 Å². The van der Waals surface area contributed by atoms with Gasteiger partial charge in [0.05, 0.1) is 18.3 Å². The third-order valence-electron chi connectivity index (χ3n) is 7.91. The normalized spacial score (nSPS) is 17.2. The molecular weight excluding hydrogens is 536 g/mol. The Labute approximate surface area is 239 Å². The summed E-state index contributed by atoms with van der Waals surface area (Å²) >= 11 is 0. The zero-order chi connectivity index (χ0) is 29.4. The number of nitrogens with one attached hydrogen (secondary N) is 3. The minimum absolute atomic E-state index is 0.0322. The molecule has 0 bridgehead atoms. The van der Waals surface area contributed by atoms with Crippen molar-refractivity contribution >= 4 is 29.4 Å². The summed E-state index contributed by atoms with van der Waals surface area (Å²) < 4.78 is 0. The van der Waals surface area contributed by atoms with Crippen LogP contribution in [-0.2, 0) is 19.4 Å². The zero-order valence-electron chi connectivity index (χ0n) is 22.5. The van der Waals surface area contributed by atoms with E-state index >= 15 is 0 Å². The molecule has 212 valence electrons. The Balaban J connectivity index is 1.09. The number of hydrazone groups is 1. The van der Waals surface area contributed by atoms with E-state index in [0.29, 0.717) is 0 Å². The first-order chi connectivity index (χ1) is 20.3. The molecule has 0 radical (unpaired) electrons. The fourth-order valence-corrected chi connectivity index (χ4v) is 5.70. The Kier molecular flexibility index (Phi) is 6.95. The second kappa shape index (κ2) is 10.9. The molecular formula is C30H28N8O4. The van der Waals surface area contributed by atoms with E-state index < -0.39 is 22.7 Å². The highest BCUT2D eigenvalue weighted by Crippen LogP contribution is 2.35. The molecule has 4 aromatic rings. The molecule has 2 unspecified atom stereocenters. The van der Waals surface area contributed by atoms with Crippen LogP contribution in [0.2, 0.25) is 0 Å². The van der Waals surface area contributed by atoms with E-state index in [1.807, 2.05) is 36.4 Å². The number of nitrogens with two attached hydrogens (primary N) is 2. The summed E-state index contributed by atoms with van der Waals surface area (Å²) in [5.41, 5.74) is 10.8. The SMILES string of the molecule is N/N=C/c1ccc2c(c1)CCC2NC(=O)c1cc(C(=O)NCc2ccc3c(c2)C(Nc2c(N)c(=O)c2=O)CC3)ncn1. The largest absolute Gasteiger partial charge is 0.394 e. The van der Waals surface area contributed by atoms with E-state index in [1.54, 1.807) is 6.21 Å². The van der Waals surface area contributed by atoms with Crippen molar-refractivity contribution < 1.29 is 9.59 Å². The first-order valence-corrected chi connectivity index (χ1v) is 13.6. The Morgan fingerprint density at radius 3 is 2.45 bits per heavy atom. The summed E-state index contributed by atoms with van der Waals surface area (Å²) in [5.74, 6) is 4.41. The first kappa shape index (κ1) is 26.8. The fraction of sp³-hybridized carbons (Fsp3) is 0.233. The number of nitrogens with zero attached hydrogens (tertiary/aromatic N) is 3. The Morgan fingerprint density at radius 1 is 0.905 bits per heavy atom. The van der Waals surface area contributed by atoms with Crippen LogP contribution in [0.3, 0.4) is 0 Å². The number of hydrogen-bond donors (Lipinski definition) is 5. The maximum atomic E-state index is 13.0. The predicted octanol–water partition coefficient (Wildman–Crippen LogP) is 1.39. The van der Waals surface area contributed by atoms with Gasteiger partial charge in [0.2, 0.25) is 0 Å². The fourth-order valence-electron chi connectivity index (χ4n) is 5.70. The average molecular weight is 565 g/mol.